The lowest BCUT2D eigenvalue weighted by Gasteiger charge is -2.43. The highest BCUT2D eigenvalue weighted by Crippen LogP contribution is 2.43. The van der Waals surface area contributed by atoms with E-state index in [0.29, 0.717) is 6.54 Å². The lowest BCUT2D eigenvalue weighted by Crippen LogP contribution is -2.53. The zero-order chi connectivity index (χ0) is 16.6. The van der Waals surface area contributed by atoms with Gasteiger partial charge in [-0.05, 0) is 32.6 Å². The maximum Gasteiger partial charge on any atom is 0.259 e. The van der Waals surface area contributed by atoms with Crippen LogP contribution in [0.2, 0.25) is 0 Å². The number of amides is 1. The summed E-state index contributed by atoms with van der Waals surface area (Å²) in [6, 6.07) is 1.42. The van der Waals surface area contributed by atoms with Gasteiger partial charge >= 0.3 is 0 Å². The molecule has 1 saturated heterocycles. The Labute approximate surface area is 135 Å². The maximum absolute atomic E-state index is 12.9. The molecule has 1 aliphatic carbocycles. The number of carbonyl (C=O) groups excluding carboxylic acids is 1. The van der Waals surface area contributed by atoms with Crippen LogP contribution in [0.1, 0.15) is 41.7 Å². The van der Waals surface area contributed by atoms with Gasteiger partial charge in [0.1, 0.15) is 5.56 Å². The van der Waals surface area contributed by atoms with E-state index < -0.39 is 0 Å². The minimum atomic E-state index is -0.303. The first-order valence-corrected chi connectivity index (χ1v) is 8.09. The number of hydrogen-bond donors (Lipinski definition) is 1. The van der Waals surface area contributed by atoms with Crippen molar-refractivity contribution >= 4 is 5.91 Å². The molecule has 23 heavy (non-hydrogen) atoms. The Morgan fingerprint density at radius 3 is 2.83 bits per heavy atom. The highest BCUT2D eigenvalue weighted by atomic mass is 16.5. The van der Waals surface area contributed by atoms with Crippen molar-refractivity contribution in [2.45, 2.75) is 50.4 Å². The molecule has 6 heteroatoms. The average Bonchev–Trinajstić information content (AvgIpc) is 2.93. The zero-order valence-corrected chi connectivity index (χ0v) is 13.9. The van der Waals surface area contributed by atoms with E-state index in [2.05, 4.69) is 4.98 Å². The van der Waals surface area contributed by atoms with Gasteiger partial charge in [-0.1, -0.05) is 0 Å². The van der Waals surface area contributed by atoms with E-state index in [1.165, 1.54) is 12.3 Å². The number of aryl methyl sites for hydroxylation is 1. The number of hydrogen-bond acceptors (Lipinski definition) is 4. The number of rotatable bonds is 3. The van der Waals surface area contributed by atoms with Crippen LogP contribution >= 0.6 is 0 Å². The number of ether oxygens (including phenoxy) is 2. The molecule has 0 aromatic carbocycles. The molecule has 2 aliphatic rings. The summed E-state index contributed by atoms with van der Waals surface area (Å²) in [6.07, 6.45) is 5.02. The summed E-state index contributed by atoms with van der Waals surface area (Å²) >= 11 is 0. The highest BCUT2D eigenvalue weighted by molar-refractivity contribution is 5.94. The Kier molecular flexibility index (Phi) is 4.29. The number of fused-ring (bicyclic) bond motifs is 1. The average molecular weight is 320 g/mol. The predicted octanol–water partition coefficient (Wildman–Crippen LogP) is 1.48. The van der Waals surface area contributed by atoms with Crippen LogP contribution in [0, 0.1) is 6.92 Å². The molecule has 1 aromatic rings. The first-order chi connectivity index (χ1) is 11.0. The van der Waals surface area contributed by atoms with Crippen LogP contribution in [-0.2, 0) is 9.47 Å². The number of methoxy groups -OCH3 is 2. The molecule has 3 rings (SSSR count). The number of nitrogens with one attached hydrogen (secondary N) is 1. The summed E-state index contributed by atoms with van der Waals surface area (Å²) in [5.74, 6) is -0.216. The minimum absolute atomic E-state index is 0.0422. The fourth-order valence-electron chi connectivity index (χ4n) is 4.01. The molecule has 1 N–H and O–H groups in total. The Morgan fingerprint density at radius 2 is 2.17 bits per heavy atom. The second-order valence-corrected chi connectivity index (χ2v) is 6.56. The summed E-state index contributed by atoms with van der Waals surface area (Å²) in [5, 5.41) is 0. The highest BCUT2D eigenvalue weighted by Gasteiger charge is 2.52. The van der Waals surface area contributed by atoms with Crippen molar-refractivity contribution in [2.75, 3.05) is 20.8 Å². The molecule has 126 valence electrons. The molecule has 3 atom stereocenters. The number of pyridine rings is 1. The van der Waals surface area contributed by atoms with Crippen LogP contribution in [0.25, 0.3) is 0 Å². The molecule has 1 aromatic heterocycles. The quantitative estimate of drug-likeness (QED) is 0.916. The predicted molar refractivity (Wildman–Crippen MR) is 85.6 cm³/mol. The Bertz CT molecular complexity index is 656. The second-order valence-electron chi connectivity index (χ2n) is 6.56. The molecule has 0 radical (unpaired) electrons. The van der Waals surface area contributed by atoms with Gasteiger partial charge in [0.2, 0.25) is 0 Å². The molecule has 0 bridgehead atoms. The second kappa shape index (κ2) is 6.09. The lowest BCUT2D eigenvalue weighted by atomic mass is 9.79. The maximum atomic E-state index is 12.9. The van der Waals surface area contributed by atoms with Crippen LogP contribution in [0.3, 0.4) is 0 Å². The third kappa shape index (κ3) is 2.70. The molecular weight excluding hydrogens is 296 g/mol. The van der Waals surface area contributed by atoms with Crippen LogP contribution in [0.15, 0.2) is 17.1 Å². The Hall–Kier alpha value is -1.66. The third-order valence-corrected chi connectivity index (χ3v) is 5.42. The van der Waals surface area contributed by atoms with E-state index in [1.807, 2.05) is 0 Å². The standard InChI is InChI=1S/C17H24N2O4/c1-11-8-14(20)13(10-18-11)16(21)19-7-6-17(23-3)5-4-12(22-2)9-15(17)19/h8,10,12,15H,4-7,9H2,1-3H3,(H,18,20)/t12-,15+,17-/m1/s1. The van der Waals surface area contributed by atoms with Crippen molar-refractivity contribution in [3.05, 3.63) is 33.7 Å². The number of nitrogens with zero attached hydrogens (tertiary/aromatic N) is 1. The third-order valence-electron chi connectivity index (χ3n) is 5.42. The van der Waals surface area contributed by atoms with E-state index in [4.69, 9.17) is 9.47 Å². The monoisotopic (exact) mass is 320 g/mol. The van der Waals surface area contributed by atoms with E-state index in [-0.39, 0.29) is 34.6 Å². The van der Waals surface area contributed by atoms with Crippen LogP contribution in [0.5, 0.6) is 0 Å². The molecule has 6 nitrogen and oxygen atoms in total. The summed E-state index contributed by atoms with van der Waals surface area (Å²) in [7, 11) is 3.42. The van der Waals surface area contributed by atoms with Gasteiger partial charge in [0.25, 0.3) is 5.91 Å². The van der Waals surface area contributed by atoms with Crippen LogP contribution in [0.4, 0.5) is 0 Å². The van der Waals surface area contributed by atoms with E-state index in [0.717, 1.165) is 31.4 Å². The SMILES string of the molecule is CO[C@@H]1CC[C@@]2(OC)CCN(C(=O)c3c[nH]c(C)cc3=O)[C@H]2C1. The summed E-state index contributed by atoms with van der Waals surface area (Å²) in [6.45, 7) is 2.41. The topological polar surface area (TPSA) is 71.6 Å². The molecule has 0 unspecified atom stereocenters. The van der Waals surface area contributed by atoms with E-state index in [1.54, 1.807) is 26.0 Å². The molecule has 2 fully saturated rings. The van der Waals surface area contributed by atoms with Gasteiger partial charge in [-0.25, -0.2) is 0 Å². The van der Waals surface area contributed by atoms with Crippen LogP contribution < -0.4 is 5.43 Å². The number of carbonyl (C=O) groups is 1. The zero-order valence-electron chi connectivity index (χ0n) is 13.9. The van der Waals surface area contributed by atoms with Gasteiger partial charge in [0.05, 0.1) is 17.7 Å². The van der Waals surface area contributed by atoms with Crippen molar-refractivity contribution in [2.24, 2.45) is 0 Å². The van der Waals surface area contributed by atoms with Gasteiger partial charge in [-0.3, -0.25) is 9.59 Å². The first-order valence-electron chi connectivity index (χ1n) is 8.09. The van der Waals surface area contributed by atoms with Crippen molar-refractivity contribution in [3.63, 3.8) is 0 Å². The lowest BCUT2D eigenvalue weighted by molar-refractivity contribution is -0.0893. The number of aromatic nitrogens is 1. The molecule has 1 aliphatic heterocycles. The minimum Gasteiger partial charge on any atom is -0.381 e. The van der Waals surface area contributed by atoms with E-state index in [9.17, 15) is 9.59 Å². The molecular formula is C17H24N2O4. The smallest absolute Gasteiger partial charge is 0.259 e. The summed E-state index contributed by atoms with van der Waals surface area (Å²) in [4.78, 5) is 29.8. The largest absolute Gasteiger partial charge is 0.381 e. The van der Waals surface area contributed by atoms with Gasteiger partial charge in [0.15, 0.2) is 5.43 Å². The summed E-state index contributed by atoms with van der Waals surface area (Å²) < 4.78 is 11.3. The normalized spacial score (nSPS) is 30.3. The Morgan fingerprint density at radius 1 is 1.39 bits per heavy atom. The fraction of sp³-hybridized carbons (Fsp3) is 0.647. The Balaban J connectivity index is 1.90. The fourth-order valence-corrected chi connectivity index (χ4v) is 4.01. The van der Waals surface area contributed by atoms with Gasteiger partial charge in [-0.2, -0.15) is 0 Å². The number of aromatic amines is 1. The molecule has 1 saturated carbocycles. The van der Waals surface area contributed by atoms with Gasteiger partial charge in [-0.15, -0.1) is 0 Å². The van der Waals surface area contributed by atoms with Crippen molar-refractivity contribution in [3.8, 4) is 0 Å². The molecule has 1 amide bonds. The van der Waals surface area contributed by atoms with E-state index >= 15 is 0 Å². The first kappa shape index (κ1) is 16.2. The number of likely N-dealkylation sites (tertiary alicyclic amines) is 1. The van der Waals surface area contributed by atoms with Gasteiger partial charge in [0, 0.05) is 38.7 Å². The van der Waals surface area contributed by atoms with Crippen molar-refractivity contribution < 1.29 is 14.3 Å². The van der Waals surface area contributed by atoms with Crippen molar-refractivity contribution in [1.82, 2.24) is 9.88 Å². The van der Waals surface area contributed by atoms with Gasteiger partial charge < -0.3 is 19.4 Å². The summed E-state index contributed by atoms with van der Waals surface area (Å²) in [5.41, 5.74) is 0.404. The van der Waals surface area contributed by atoms with Crippen LogP contribution in [-0.4, -0.2) is 54.3 Å². The molecule has 2 heterocycles. The number of H-pyrrole nitrogens is 1. The molecule has 0 spiro atoms. The van der Waals surface area contributed by atoms with Crippen molar-refractivity contribution in [1.29, 1.82) is 0 Å².